The highest BCUT2D eigenvalue weighted by molar-refractivity contribution is 6.09. The summed E-state index contributed by atoms with van der Waals surface area (Å²) in [5.74, 6) is -2.76. The minimum Gasteiger partial charge on any atom is -0.465 e. The Morgan fingerprint density at radius 1 is 0.820 bits per heavy atom. The van der Waals surface area contributed by atoms with Crippen molar-refractivity contribution in [3.63, 3.8) is 0 Å². The number of nitrogens with zero attached hydrogens (tertiary/aromatic N) is 1. The highest BCUT2D eigenvalue weighted by Crippen LogP contribution is 2.36. The van der Waals surface area contributed by atoms with E-state index in [0.29, 0.717) is 35.7 Å². The molecule has 50 heavy (non-hydrogen) atoms. The SMILES string of the molecule is COC(=O)c1ccc(OC(=O)CCCc2ccc(NC(=O)c3ccccc3-c3ccc(C(F)(F)F)cc3)c(C(C)N(C)C)c2)cc1C(F)(F)F. The summed E-state index contributed by atoms with van der Waals surface area (Å²) in [5.41, 5.74) is 0.481. The van der Waals surface area contributed by atoms with E-state index in [-0.39, 0.29) is 23.8 Å². The van der Waals surface area contributed by atoms with Crippen molar-refractivity contribution in [1.29, 1.82) is 0 Å². The summed E-state index contributed by atoms with van der Waals surface area (Å²) >= 11 is 0. The second-order valence-electron chi connectivity index (χ2n) is 11.7. The lowest BCUT2D eigenvalue weighted by Gasteiger charge is -2.24. The average molecular weight is 701 g/mol. The van der Waals surface area contributed by atoms with Gasteiger partial charge in [-0.05, 0) is 98.6 Å². The van der Waals surface area contributed by atoms with Crippen LogP contribution in [-0.2, 0) is 28.3 Å². The van der Waals surface area contributed by atoms with Crippen LogP contribution in [0.3, 0.4) is 0 Å². The third-order valence-electron chi connectivity index (χ3n) is 8.06. The molecule has 4 aromatic rings. The van der Waals surface area contributed by atoms with Gasteiger partial charge in [0.1, 0.15) is 5.75 Å². The molecule has 0 aromatic heterocycles. The van der Waals surface area contributed by atoms with Crippen LogP contribution in [0.1, 0.15) is 68.8 Å². The Morgan fingerprint density at radius 3 is 2.12 bits per heavy atom. The molecule has 0 fully saturated rings. The van der Waals surface area contributed by atoms with Crippen LogP contribution in [0, 0.1) is 0 Å². The highest BCUT2D eigenvalue weighted by atomic mass is 19.4. The van der Waals surface area contributed by atoms with Gasteiger partial charge < -0.3 is 19.7 Å². The third kappa shape index (κ3) is 9.29. The summed E-state index contributed by atoms with van der Waals surface area (Å²) < 4.78 is 89.3. The fourth-order valence-electron chi connectivity index (χ4n) is 5.20. The quantitative estimate of drug-likeness (QED) is 0.0956. The molecule has 7 nitrogen and oxygen atoms in total. The lowest BCUT2D eigenvalue weighted by atomic mass is 9.97. The summed E-state index contributed by atoms with van der Waals surface area (Å²) in [6.45, 7) is 1.93. The van der Waals surface area contributed by atoms with Crippen molar-refractivity contribution in [3.05, 3.63) is 118 Å². The number of rotatable bonds is 11. The first-order valence-electron chi connectivity index (χ1n) is 15.4. The molecule has 0 aliphatic carbocycles. The number of carbonyl (C=O) groups excluding carboxylic acids is 3. The van der Waals surface area contributed by atoms with E-state index >= 15 is 0 Å². The Labute approximate surface area is 284 Å². The predicted octanol–water partition coefficient (Wildman–Crippen LogP) is 8.98. The van der Waals surface area contributed by atoms with E-state index < -0.39 is 46.9 Å². The lowest BCUT2D eigenvalue weighted by molar-refractivity contribution is -0.139. The molecule has 4 aromatic carbocycles. The molecule has 13 heteroatoms. The molecule has 0 aliphatic rings. The molecule has 0 saturated heterocycles. The van der Waals surface area contributed by atoms with E-state index in [4.69, 9.17) is 4.74 Å². The smallest absolute Gasteiger partial charge is 0.417 e. The van der Waals surface area contributed by atoms with E-state index in [1.54, 1.807) is 36.4 Å². The molecule has 0 bridgehead atoms. The van der Waals surface area contributed by atoms with Gasteiger partial charge in [-0.1, -0.05) is 42.5 Å². The zero-order valence-corrected chi connectivity index (χ0v) is 27.5. The van der Waals surface area contributed by atoms with Gasteiger partial charge in [0.2, 0.25) is 0 Å². The number of alkyl halides is 6. The number of carbonyl (C=O) groups is 3. The van der Waals surface area contributed by atoms with E-state index in [0.717, 1.165) is 42.5 Å². The number of nitrogens with one attached hydrogen (secondary N) is 1. The molecule has 1 N–H and O–H groups in total. The van der Waals surface area contributed by atoms with E-state index in [1.807, 2.05) is 32.0 Å². The van der Waals surface area contributed by atoms with Gasteiger partial charge in [-0.25, -0.2) is 4.79 Å². The maximum atomic E-state index is 13.6. The second kappa shape index (κ2) is 15.6. The topological polar surface area (TPSA) is 84.9 Å². The van der Waals surface area contributed by atoms with Crippen molar-refractivity contribution in [2.45, 2.75) is 44.6 Å². The van der Waals surface area contributed by atoms with Crippen LogP contribution in [0.4, 0.5) is 32.0 Å². The zero-order valence-electron chi connectivity index (χ0n) is 27.5. The normalized spacial score (nSPS) is 12.4. The summed E-state index contributed by atoms with van der Waals surface area (Å²) in [5, 5.41) is 2.94. The van der Waals surface area contributed by atoms with Gasteiger partial charge in [-0.15, -0.1) is 0 Å². The van der Waals surface area contributed by atoms with Gasteiger partial charge in [-0.3, -0.25) is 9.59 Å². The maximum Gasteiger partial charge on any atom is 0.417 e. The molecule has 0 spiro atoms. The van der Waals surface area contributed by atoms with Crippen LogP contribution in [0.15, 0.2) is 84.9 Å². The first-order valence-corrected chi connectivity index (χ1v) is 15.4. The molecule has 264 valence electrons. The number of ether oxygens (including phenoxy) is 2. The van der Waals surface area contributed by atoms with Crippen molar-refractivity contribution < 1.29 is 50.2 Å². The van der Waals surface area contributed by atoms with E-state index in [2.05, 4.69) is 10.1 Å². The number of hydrogen-bond donors (Lipinski definition) is 1. The molecular weight excluding hydrogens is 666 g/mol. The fourth-order valence-corrected chi connectivity index (χ4v) is 5.20. The molecule has 1 unspecified atom stereocenters. The minimum atomic E-state index is -4.88. The minimum absolute atomic E-state index is 0.113. The largest absolute Gasteiger partial charge is 0.465 e. The summed E-state index contributed by atoms with van der Waals surface area (Å²) in [6.07, 6.45) is -8.78. The first kappa shape index (κ1) is 37.6. The number of hydrogen-bond acceptors (Lipinski definition) is 6. The Morgan fingerprint density at radius 2 is 1.50 bits per heavy atom. The lowest BCUT2D eigenvalue weighted by Crippen LogP contribution is -2.21. The fraction of sp³-hybridized carbons (Fsp3) is 0.270. The van der Waals surface area contributed by atoms with E-state index in [1.165, 1.54) is 12.1 Å². The molecule has 1 atom stereocenters. The molecule has 0 radical (unpaired) electrons. The van der Waals surface area contributed by atoms with Crippen LogP contribution >= 0.6 is 0 Å². The van der Waals surface area contributed by atoms with Crippen LogP contribution in [0.5, 0.6) is 5.75 Å². The Balaban J connectivity index is 1.47. The van der Waals surface area contributed by atoms with Gasteiger partial charge in [-0.2, -0.15) is 26.3 Å². The highest BCUT2D eigenvalue weighted by Gasteiger charge is 2.36. The Bertz CT molecular complexity index is 1850. The van der Waals surface area contributed by atoms with Gasteiger partial charge in [0.15, 0.2) is 0 Å². The summed E-state index contributed by atoms with van der Waals surface area (Å²) in [7, 11) is 4.68. The van der Waals surface area contributed by atoms with Crippen molar-refractivity contribution in [2.24, 2.45) is 0 Å². The van der Waals surface area contributed by atoms with Gasteiger partial charge in [0, 0.05) is 23.7 Å². The van der Waals surface area contributed by atoms with Gasteiger partial charge >= 0.3 is 24.3 Å². The standard InChI is InChI=1S/C37H34F6N2O5/c1-22(45(2)3)30-20-23(8-7-11-33(46)50-26-17-18-29(35(48)49-4)31(21-26)37(41,42)43)12-19-32(30)44-34(47)28-10-6-5-9-27(28)24-13-15-25(16-14-24)36(38,39)40/h5-6,9-10,12-22H,7-8,11H2,1-4H3,(H,44,47). The first-order chi connectivity index (χ1) is 23.5. The number of esters is 2. The van der Waals surface area contributed by atoms with Crippen molar-refractivity contribution in [1.82, 2.24) is 4.90 Å². The Hall–Kier alpha value is -5.17. The van der Waals surface area contributed by atoms with Crippen LogP contribution in [-0.4, -0.2) is 44.0 Å². The molecule has 0 saturated carbocycles. The van der Waals surface area contributed by atoms with E-state index in [9.17, 15) is 40.7 Å². The van der Waals surface area contributed by atoms with Crippen LogP contribution in [0.25, 0.3) is 11.1 Å². The van der Waals surface area contributed by atoms with Crippen LogP contribution < -0.4 is 10.1 Å². The van der Waals surface area contributed by atoms with Crippen molar-refractivity contribution in [2.75, 3.05) is 26.5 Å². The zero-order chi connectivity index (χ0) is 36.8. The monoisotopic (exact) mass is 700 g/mol. The van der Waals surface area contributed by atoms with Crippen LogP contribution in [0.2, 0.25) is 0 Å². The summed E-state index contributed by atoms with van der Waals surface area (Å²) in [6, 6.07) is 18.9. The summed E-state index contributed by atoms with van der Waals surface area (Å²) in [4.78, 5) is 39.8. The number of halogens is 6. The molecular formula is C37H34F6N2O5. The maximum absolute atomic E-state index is 13.6. The Kier molecular flexibility index (Phi) is 11.7. The van der Waals surface area contributed by atoms with Crippen molar-refractivity contribution >= 4 is 23.5 Å². The molecule has 4 rings (SSSR count). The number of amides is 1. The number of benzene rings is 4. The predicted molar refractivity (Wildman–Crippen MR) is 175 cm³/mol. The third-order valence-corrected chi connectivity index (χ3v) is 8.06. The second-order valence-corrected chi connectivity index (χ2v) is 11.7. The number of anilines is 1. The number of aryl methyl sites for hydroxylation is 1. The molecule has 0 heterocycles. The molecule has 1 amide bonds. The van der Waals surface area contributed by atoms with Gasteiger partial charge in [0.05, 0.1) is 23.8 Å². The van der Waals surface area contributed by atoms with Gasteiger partial charge in [0.25, 0.3) is 5.91 Å². The molecule has 0 aliphatic heterocycles. The average Bonchev–Trinajstić information content (AvgIpc) is 3.07. The number of methoxy groups -OCH3 is 1. The van der Waals surface area contributed by atoms with Crippen molar-refractivity contribution in [3.8, 4) is 16.9 Å².